The van der Waals surface area contributed by atoms with Crippen molar-refractivity contribution < 1.29 is 14.6 Å². The molecule has 9 nitrogen and oxygen atoms in total. The lowest BCUT2D eigenvalue weighted by molar-refractivity contribution is 0.249. The Morgan fingerprint density at radius 2 is 1.94 bits per heavy atom. The van der Waals surface area contributed by atoms with Crippen molar-refractivity contribution in [3.05, 3.63) is 60.3 Å². The molecule has 1 heterocycles. The number of rotatable bonds is 8. The number of nitrogens with zero attached hydrogens (tertiary/aromatic N) is 3. The Morgan fingerprint density at radius 3 is 2.65 bits per heavy atom. The lowest BCUT2D eigenvalue weighted by atomic mass is 10.1. The van der Waals surface area contributed by atoms with E-state index in [0.717, 1.165) is 11.3 Å². The van der Waals surface area contributed by atoms with E-state index in [2.05, 4.69) is 32.0 Å². The number of aliphatic hydroxyl groups excluding tert-OH is 1. The molecular weight excluding hydrogens is 396 g/mol. The average Bonchev–Trinajstić information content (AvgIpc) is 2.80. The van der Waals surface area contributed by atoms with Crippen LogP contribution in [0.1, 0.15) is 12.0 Å². The standard InChI is InChI=1S/C22H22N6O3/c1-31-20-8-3-15(13-16(20)14-23)19-9-11-24-21(28-19)26-17-4-6-18(7-5-17)27-22(30)25-10-2-12-29/h3-9,11,13,29H,2,10,12H2,1H3,(H,24,26,28)(H2,25,27,30). The first-order chi connectivity index (χ1) is 15.1. The summed E-state index contributed by atoms with van der Waals surface area (Å²) in [7, 11) is 1.52. The molecule has 0 saturated carbocycles. The van der Waals surface area contributed by atoms with Crippen LogP contribution < -0.4 is 20.7 Å². The molecule has 9 heteroatoms. The minimum absolute atomic E-state index is 0.0296. The van der Waals surface area contributed by atoms with E-state index in [4.69, 9.17) is 9.84 Å². The molecule has 2 amide bonds. The van der Waals surface area contributed by atoms with Gasteiger partial charge >= 0.3 is 6.03 Å². The Bertz CT molecular complexity index is 1080. The quantitative estimate of drug-likeness (QED) is 0.413. The van der Waals surface area contributed by atoms with Gasteiger partial charge in [0.25, 0.3) is 0 Å². The molecule has 158 valence electrons. The van der Waals surface area contributed by atoms with Crippen LogP contribution in [0.15, 0.2) is 54.7 Å². The number of urea groups is 1. The van der Waals surface area contributed by atoms with E-state index in [9.17, 15) is 10.1 Å². The van der Waals surface area contributed by atoms with Gasteiger partial charge in [-0.15, -0.1) is 0 Å². The molecule has 4 N–H and O–H groups in total. The Morgan fingerprint density at radius 1 is 1.16 bits per heavy atom. The smallest absolute Gasteiger partial charge is 0.319 e. The minimum Gasteiger partial charge on any atom is -0.495 e. The normalized spacial score (nSPS) is 10.1. The van der Waals surface area contributed by atoms with Crippen molar-refractivity contribution in [2.24, 2.45) is 0 Å². The fourth-order valence-corrected chi connectivity index (χ4v) is 2.76. The summed E-state index contributed by atoms with van der Waals surface area (Å²) in [6, 6.07) is 15.9. The van der Waals surface area contributed by atoms with Crippen LogP contribution in [-0.2, 0) is 0 Å². The number of nitriles is 1. The second-order valence-electron chi connectivity index (χ2n) is 6.45. The number of carbonyl (C=O) groups is 1. The lowest BCUT2D eigenvalue weighted by Gasteiger charge is -2.10. The Hall–Kier alpha value is -4.16. The molecule has 0 saturated heterocycles. The first-order valence-electron chi connectivity index (χ1n) is 9.57. The summed E-state index contributed by atoms with van der Waals surface area (Å²) in [6.45, 7) is 0.432. The lowest BCUT2D eigenvalue weighted by Crippen LogP contribution is -2.29. The molecule has 0 radical (unpaired) electrons. The van der Waals surface area contributed by atoms with Crippen molar-refractivity contribution in [3.63, 3.8) is 0 Å². The Labute approximate surface area is 179 Å². The van der Waals surface area contributed by atoms with Gasteiger partial charge in [0.05, 0.1) is 18.4 Å². The van der Waals surface area contributed by atoms with Crippen LogP contribution in [0.25, 0.3) is 11.3 Å². The summed E-state index contributed by atoms with van der Waals surface area (Å²) in [4.78, 5) is 20.5. The van der Waals surface area contributed by atoms with Gasteiger partial charge in [-0.05, 0) is 55.0 Å². The molecule has 0 spiro atoms. The number of benzene rings is 2. The molecule has 0 unspecified atom stereocenters. The molecule has 0 atom stereocenters. The van der Waals surface area contributed by atoms with Gasteiger partial charge in [0.1, 0.15) is 11.8 Å². The zero-order valence-electron chi connectivity index (χ0n) is 16.9. The van der Waals surface area contributed by atoms with E-state index in [1.54, 1.807) is 48.7 Å². The predicted molar refractivity (Wildman–Crippen MR) is 117 cm³/mol. The highest BCUT2D eigenvalue weighted by atomic mass is 16.5. The van der Waals surface area contributed by atoms with Gasteiger partial charge in [-0.1, -0.05) is 0 Å². The number of anilines is 3. The zero-order chi connectivity index (χ0) is 22.1. The summed E-state index contributed by atoms with van der Waals surface area (Å²) in [5.41, 5.74) is 3.24. The highest BCUT2D eigenvalue weighted by molar-refractivity contribution is 5.89. The molecule has 3 aromatic rings. The molecular formula is C22H22N6O3. The maximum atomic E-state index is 11.8. The van der Waals surface area contributed by atoms with Crippen LogP contribution in [-0.4, -0.2) is 41.4 Å². The van der Waals surface area contributed by atoms with Gasteiger partial charge in [-0.25, -0.2) is 14.8 Å². The van der Waals surface area contributed by atoms with Gasteiger partial charge in [0, 0.05) is 36.3 Å². The fraction of sp³-hybridized carbons (Fsp3) is 0.182. The highest BCUT2D eigenvalue weighted by Crippen LogP contribution is 2.26. The number of ether oxygens (including phenoxy) is 1. The predicted octanol–water partition coefficient (Wildman–Crippen LogP) is 3.27. The van der Waals surface area contributed by atoms with Crippen molar-refractivity contribution in [1.82, 2.24) is 15.3 Å². The molecule has 0 aliphatic rings. The maximum Gasteiger partial charge on any atom is 0.319 e. The second-order valence-corrected chi connectivity index (χ2v) is 6.45. The van der Waals surface area contributed by atoms with Gasteiger partial charge in [0.2, 0.25) is 5.95 Å². The van der Waals surface area contributed by atoms with Crippen molar-refractivity contribution in [2.75, 3.05) is 30.9 Å². The number of hydrogen-bond donors (Lipinski definition) is 4. The molecule has 3 rings (SSSR count). The number of hydrogen-bond acceptors (Lipinski definition) is 7. The number of amides is 2. The number of methoxy groups -OCH3 is 1. The molecule has 0 aliphatic carbocycles. The Balaban J connectivity index is 1.67. The van der Waals surface area contributed by atoms with Gasteiger partial charge in [-0.2, -0.15) is 5.26 Å². The van der Waals surface area contributed by atoms with Crippen LogP contribution >= 0.6 is 0 Å². The maximum absolute atomic E-state index is 11.8. The van der Waals surface area contributed by atoms with E-state index in [1.165, 1.54) is 7.11 Å². The van der Waals surface area contributed by atoms with Crippen LogP contribution in [0.2, 0.25) is 0 Å². The highest BCUT2D eigenvalue weighted by Gasteiger charge is 2.08. The zero-order valence-corrected chi connectivity index (χ0v) is 16.9. The SMILES string of the molecule is COc1ccc(-c2ccnc(Nc3ccc(NC(=O)NCCCO)cc3)n2)cc1C#N. The molecule has 0 aliphatic heterocycles. The third kappa shape index (κ3) is 5.91. The minimum atomic E-state index is -0.332. The number of aromatic nitrogens is 2. The Kier molecular flexibility index (Phi) is 7.35. The third-order valence-corrected chi connectivity index (χ3v) is 4.29. The van der Waals surface area contributed by atoms with Crippen molar-refractivity contribution in [3.8, 4) is 23.1 Å². The van der Waals surface area contributed by atoms with Crippen LogP contribution in [0.4, 0.5) is 22.1 Å². The van der Waals surface area contributed by atoms with Crippen LogP contribution in [0.5, 0.6) is 5.75 Å². The van der Waals surface area contributed by atoms with Crippen LogP contribution in [0, 0.1) is 11.3 Å². The number of carbonyl (C=O) groups excluding carboxylic acids is 1. The number of aliphatic hydroxyl groups is 1. The van der Waals surface area contributed by atoms with Gasteiger partial charge in [-0.3, -0.25) is 0 Å². The monoisotopic (exact) mass is 418 g/mol. The molecule has 0 bridgehead atoms. The molecule has 0 fully saturated rings. The average molecular weight is 418 g/mol. The van der Waals surface area contributed by atoms with E-state index >= 15 is 0 Å². The van der Waals surface area contributed by atoms with Gasteiger partial charge in [0.15, 0.2) is 0 Å². The van der Waals surface area contributed by atoms with Gasteiger partial charge < -0.3 is 25.8 Å². The van der Waals surface area contributed by atoms with Crippen molar-refractivity contribution in [1.29, 1.82) is 5.26 Å². The summed E-state index contributed by atoms with van der Waals surface area (Å²) in [5.74, 6) is 0.906. The van der Waals surface area contributed by atoms with E-state index in [0.29, 0.717) is 41.6 Å². The summed E-state index contributed by atoms with van der Waals surface area (Å²) in [6.07, 6.45) is 2.14. The van der Waals surface area contributed by atoms with Crippen molar-refractivity contribution in [2.45, 2.75) is 6.42 Å². The summed E-state index contributed by atoms with van der Waals surface area (Å²) in [5, 5.41) is 26.5. The first-order valence-corrected chi connectivity index (χ1v) is 9.57. The summed E-state index contributed by atoms with van der Waals surface area (Å²) < 4.78 is 5.18. The number of nitrogens with one attached hydrogen (secondary N) is 3. The largest absolute Gasteiger partial charge is 0.495 e. The fourth-order valence-electron chi connectivity index (χ4n) is 2.76. The third-order valence-electron chi connectivity index (χ3n) is 4.29. The van der Waals surface area contributed by atoms with E-state index in [-0.39, 0.29) is 12.6 Å². The second kappa shape index (κ2) is 10.6. The first kappa shape index (κ1) is 21.5. The molecule has 31 heavy (non-hydrogen) atoms. The van der Waals surface area contributed by atoms with E-state index in [1.807, 2.05) is 6.07 Å². The van der Waals surface area contributed by atoms with E-state index < -0.39 is 0 Å². The molecule has 1 aromatic heterocycles. The topological polar surface area (TPSA) is 132 Å². The van der Waals surface area contributed by atoms with Crippen molar-refractivity contribution >= 4 is 23.4 Å². The molecule has 2 aromatic carbocycles. The van der Waals surface area contributed by atoms with Crippen LogP contribution in [0.3, 0.4) is 0 Å². The summed E-state index contributed by atoms with van der Waals surface area (Å²) >= 11 is 0.